The SMILES string of the molecule is CCN(CC)S(=O)(=O)c1cccc(NC(=O)CN[C@H](c2ccccc2)C(C)C)c1. The van der Waals surface area contributed by atoms with Crippen LogP contribution in [0.25, 0.3) is 0 Å². The number of hydrogen-bond donors (Lipinski definition) is 2. The zero-order valence-electron chi connectivity index (χ0n) is 17.6. The van der Waals surface area contributed by atoms with Gasteiger partial charge in [0.25, 0.3) is 0 Å². The number of amides is 1. The number of anilines is 1. The van der Waals surface area contributed by atoms with Gasteiger partial charge in [-0.2, -0.15) is 4.31 Å². The van der Waals surface area contributed by atoms with Crippen LogP contribution < -0.4 is 10.6 Å². The van der Waals surface area contributed by atoms with Crippen LogP contribution in [-0.4, -0.2) is 38.3 Å². The Balaban J connectivity index is 2.06. The zero-order valence-corrected chi connectivity index (χ0v) is 18.4. The second-order valence-corrected chi connectivity index (χ2v) is 9.12. The summed E-state index contributed by atoms with van der Waals surface area (Å²) in [6.45, 7) is 8.73. The molecular formula is C22H31N3O3S. The Morgan fingerprint density at radius 2 is 1.66 bits per heavy atom. The average molecular weight is 418 g/mol. The molecule has 0 saturated carbocycles. The molecule has 29 heavy (non-hydrogen) atoms. The van der Waals surface area contributed by atoms with Crippen LogP contribution in [0, 0.1) is 5.92 Å². The van der Waals surface area contributed by atoms with Gasteiger partial charge in [0.05, 0.1) is 11.4 Å². The molecule has 0 saturated heterocycles. The molecule has 158 valence electrons. The molecule has 2 aromatic rings. The maximum absolute atomic E-state index is 12.7. The van der Waals surface area contributed by atoms with Crippen LogP contribution in [0.15, 0.2) is 59.5 Å². The molecular weight excluding hydrogens is 386 g/mol. The first-order valence-electron chi connectivity index (χ1n) is 9.98. The Labute approximate surface area is 174 Å². The lowest BCUT2D eigenvalue weighted by Crippen LogP contribution is -2.33. The number of carbonyl (C=O) groups excluding carboxylic acids is 1. The fourth-order valence-electron chi connectivity index (χ4n) is 3.25. The van der Waals surface area contributed by atoms with Gasteiger partial charge >= 0.3 is 0 Å². The lowest BCUT2D eigenvalue weighted by Gasteiger charge is -2.23. The van der Waals surface area contributed by atoms with Gasteiger partial charge in [-0.15, -0.1) is 0 Å². The van der Waals surface area contributed by atoms with E-state index in [4.69, 9.17) is 0 Å². The topological polar surface area (TPSA) is 78.5 Å². The molecule has 0 heterocycles. The predicted octanol–water partition coefficient (Wildman–Crippen LogP) is 3.64. The summed E-state index contributed by atoms with van der Waals surface area (Å²) in [4.78, 5) is 12.6. The minimum absolute atomic E-state index is 0.0522. The Morgan fingerprint density at radius 3 is 2.24 bits per heavy atom. The van der Waals surface area contributed by atoms with E-state index < -0.39 is 10.0 Å². The molecule has 1 atom stereocenters. The third-order valence-electron chi connectivity index (χ3n) is 4.77. The van der Waals surface area contributed by atoms with Gasteiger partial charge < -0.3 is 10.6 Å². The van der Waals surface area contributed by atoms with Gasteiger partial charge in [0.15, 0.2) is 0 Å². The van der Waals surface area contributed by atoms with Crippen LogP contribution in [-0.2, 0) is 14.8 Å². The number of sulfonamides is 1. The highest BCUT2D eigenvalue weighted by molar-refractivity contribution is 7.89. The number of carbonyl (C=O) groups is 1. The lowest BCUT2D eigenvalue weighted by atomic mass is 9.96. The Bertz CT molecular complexity index is 895. The van der Waals surface area contributed by atoms with E-state index in [2.05, 4.69) is 24.5 Å². The van der Waals surface area contributed by atoms with Gasteiger partial charge in [-0.25, -0.2) is 8.42 Å². The van der Waals surface area contributed by atoms with Crippen molar-refractivity contribution >= 4 is 21.6 Å². The first-order valence-corrected chi connectivity index (χ1v) is 11.4. The van der Waals surface area contributed by atoms with E-state index in [9.17, 15) is 13.2 Å². The number of hydrogen-bond acceptors (Lipinski definition) is 4. The molecule has 0 aliphatic carbocycles. The van der Waals surface area contributed by atoms with Crippen molar-refractivity contribution < 1.29 is 13.2 Å². The Kier molecular flexibility index (Phi) is 8.37. The highest BCUT2D eigenvalue weighted by atomic mass is 32.2. The molecule has 1 amide bonds. The summed E-state index contributed by atoms with van der Waals surface area (Å²) in [5, 5.41) is 6.09. The van der Waals surface area contributed by atoms with Crippen LogP contribution in [0.5, 0.6) is 0 Å². The molecule has 0 radical (unpaired) electrons. The molecule has 0 spiro atoms. The highest BCUT2D eigenvalue weighted by Gasteiger charge is 2.22. The van der Waals surface area contributed by atoms with Crippen molar-refractivity contribution in [3.63, 3.8) is 0 Å². The number of nitrogens with one attached hydrogen (secondary N) is 2. The van der Waals surface area contributed by atoms with E-state index in [1.54, 1.807) is 32.0 Å². The fraction of sp³-hybridized carbons (Fsp3) is 0.409. The summed E-state index contributed by atoms with van der Waals surface area (Å²) in [6, 6.07) is 16.4. The standard InChI is InChI=1S/C22H31N3O3S/c1-5-25(6-2)29(27,28)20-14-10-13-19(15-20)24-21(26)16-23-22(17(3)4)18-11-8-7-9-12-18/h7-15,17,22-23H,5-6,16H2,1-4H3,(H,24,26)/t22-/m0/s1. The van der Waals surface area contributed by atoms with Gasteiger partial charge in [0.2, 0.25) is 15.9 Å². The third kappa shape index (κ3) is 6.13. The lowest BCUT2D eigenvalue weighted by molar-refractivity contribution is -0.115. The van der Waals surface area contributed by atoms with Crippen molar-refractivity contribution in [3.05, 3.63) is 60.2 Å². The zero-order chi connectivity index (χ0) is 21.4. The molecule has 6 nitrogen and oxygen atoms in total. The van der Waals surface area contributed by atoms with Crippen molar-refractivity contribution in [1.29, 1.82) is 0 Å². The largest absolute Gasteiger partial charge is 0.325 e. The average Bonchev–Trinajstić information content (AvgIpc) is 2.69. The first kappa shape index (κ1) is 23.1. The monoisotopic (exact) mass is 417 g/mol. The Hall–Kier alpha value is -2.22. The van der Waals surface area contributed by atoms with Crippen molar-refractivity contribution in [2.75, 3.05) is 25.0 Å². The van der Waals surface area contributed by atoms with Gasteiger partial charge in [-0.05, 0) is 29.7 Å². The van der Waals surface area contributed by atoms with Crippen LogP contribution in [0.1, 0.15) is 39.3 Å². The van der Waals surface area contributed by atoms with Crippen LogP contribution in [0.2, 0.25) is 0 Å². The van der Waals surface area contributed by atoms with Crippen LogP contribution in [0.3, 0.4) is 0 Å². The molecule has 2 rings (SSSR count). The van der Waals surface area contributed by atoms with Crippen molar-refractivity contribution in [2.45, 2.75) is 38.6 Å². The van der Waals surface area contributed by atoms with Crippen molar-refractivity contribution in [2.24, 2.45) is 5.92 Å². The summed E-state index contributed by atoms with van der Waals surface area (Å²) in [5.41, 5.74) is 1.59. The molecule has 2 N–H and O–H groups in total. The van der Waals surface area contributed by atoms with E-state index in [0.29, 0.717) is 24.7 Å². The predicted molar refractivity (Wildman–Crippen MR) is 117 cm³/mol. The minimum Gasteiger partial charge on any atom is -0.325 e. The second-order valence-electron chi connectivity index (χ2n) is 7.18. The second kappa shape index (κ2) is 10.5. The van der Waals surface area contributed by atoms with Gasteiger partial charge in [-0.1, -0.05) is 64.1 Å². The minimum atomic E-state index is -3.57. The number of nitrogens with zero attached hydrogens (tertiary/aromatic N) is 1. The quantitative estimate of drug-likeness (QED) is 0.619. The molecule has 0 aromatic heterocycles. The molecule has 0 unspecified atom stereocenters. The van der Waals surface area contributed by atoms with Gasteiger partial charge in [0, 0.05) is 24.8 Å². The maximum Gasteiger partial charge on any atom is 0.243 e. The molecule has 0 aliphatic rings. The van der Waals surface area contributed by atoms with Gasteiger partial charge in [0.1, 0.15) is 0 Å². The smallest absolute Gasteiger partial charge is 0.243 e. The Morgan fingerprint density at radius 1 is 1.00 bits per heavy atom. The van der Waals surface area contributed by atoms with E-state index >= 15 is 0 Å². The number of rotatable bonds is 10. The van der Waals surface area contributed by atoms with E-state index in [1.165, 1.54) is 10.4 Å². The fourth-order valence-corrected chi connectivity index (χ4v) is 4.76. The van der Waals surface area contributed by atoms with Gasteiger partial charge in [-0.3, -0.25) is 4.79 Å². The molecule has 7 heteroatoms. The first-order chi connectivity index (χ1) is 13.8. The third-order valence-corrected chi connectivity index (χ3v) is 6.81. The number of benzene rings is 2. The highest BCUT2D eigenvalue weighted by Crippen LogP contribution is 2.22. The van der Waals surface area contributed by atoms with E-state index in [0.717, 1.165) is 5.56 Å². The normalized spacial score (nSPS) is 12.9. The molecule has 0 fully saturated rings. The molecule has 0 aliphatic heterocycles. The molecule has 2 aromatic carbocycles. The maximum atomic E-state index is 12.7. The van der Waals surface area contributed by atoms with Crippen molar-refractivity contribution in [3.8, 4) is 0 Å². The summed E-state index contributed by atoms with van der Waals surface area (Å²) in [5.74, 6) is 0.0942. The van der Waals surface area contributed by atoms with E-state index in [-0.39, 0.29) is 23.4 Å². The van der Waals surface area contributed by atoms with Crippen LogP contribution >= 0.6 is 0 Å². The van der Waals surface area contributed by atoms with E-state index in [1.807, 2.05) is 30.3 Å². The molecule has 0 bridgehead atoms. The summed E-state index contributed by atoms with van der Waals surface area (Å²) in [7, 11) is -3.57. The van der Waals surface area contributed by atoms with Crippen molar-refractivity contribution in [1.82, 2.24) is 9.62 Å². The van der Waals surface area contributed by atoms with Crippen LogP contribution in [0.4, 0.5) is 5.69 Å². The summed E-state index contributed by atoms with van der Waals surface area (Å²) < 4.78 is 26.8. The summed E-state index contributed by atoms with van der Waals surface area (Å²) in [6.07, 6.45) is 0. The summed E-state index contributed by atoms with van der Waals surface area (Å²) >= 11 is 0.